The SMILES string of the molecule is C/C([O-])=N/[N+](C)(C)CC(=O)NN(C)C. The van der Waals surface area contributed by atoms with Gasteiger partial charge in [0.2, 0.25) is 0 Å². The Labute approximate surface area is 84.4 Å². The summed E-state index contributed by atoms with van der Waals surface area (Å²) in [6.45, 7) is 1.50. The van der Waals surface area contributed by atoms with E-state index >= 15 is 0 Å². The van der Waals surface area contributed by atoms with Crippen LogP contribution in [0.3, 0.4) is 0 Å². The molecular weight excluding hydrogens is 184 g/mol. The molecule has 1 N–H and O–H groups in total. The molecule has 0 rings (SSSR count). The Morgan fingerprint density at radius 1 is 1.50 bits per heavy atom. The van der Waals surface area contributed by atoms with Crippen LogP contribution < -0.4 is 10.5 Å². The van der Waals surface area contributed by atoms with E-state index in [1.807, 2.05) is 0 Å². The predicted octanol–water partition coefficient (Wildman–Crippen LogP) is -1.65. The van der Waals surface area contributed by atoms with Crippen LogP contribution in [0.1, 0.15) is 6.92 Å². The van der Waals surface area contributed by atoms with Gasteiger partial charge in [-0.3, -0.25) is 10.2 Å². The van der Waals surface area contributed by atoms with Gasteiger partial charge in [0.1, 0.15) is 0 Å². The highest BCUT2D eigenvalue weighted by Gasteiger charge is 2.19. The average molecular weight is 202 g/mol. The zero-order chi connectivity index (χ0) is 11.4. The lowest BCUT2D eigenvalue weighted by molar-refractivity contribution is -0.890. The maximum Gasteiger partial charge on any atom is 0.291 e. The average Bonchev–Trinajstić information content (AvgIpc) is 1.77. The van der Waals surface area contributed by atoms with Crippen LogP contribution in [0.2, 0.25) is 0 Å². The molecule has 0 aromatic heterocycles. The summed E-state index contributed by atoms with van der Waals surface area (Å²) in [5.41, 5.74) is 2.58. The number of nitrogens with one attached hydrogen (secondary N) is 1. The van der Waals surface area contributed by atoms with Gasteiger partial charge in [0, 0.05) is 20.0 Å². The summed E-state index contributed by atoms with van der Waals surface area (Å²) in [6, 6.07) is 0. The number of amides is 1. The molecule has 0 saturated carbocycles. The Hall–Kier alpha value is -1.14. The number of hydrazine groups is 1. The molecule has 0 heterocycles. The van der Waals surface area contributed by atoms with Crippen molar-refractivity contribution in [3.63, 3.8) is 0 Å². The first-order valence-electron chi connectivity index (χ1n) is 4.26. The van der Waals surface area contributed by atoms with Crippen LogP contribution in [0.5, 0.6) is 0 Å². The van der Waals surface area contributed by atoms with Gasteiger partial charge < -0.3 is 5.11 Å². The van der Waals surface area contributed by atoms with Gasteiger partial charge in [-0.2, -0.15) is 4.59 Å². The third-order valence-corrected chi connectivity index (χ3v) is 1.29. The minimum absolute atomic E-state index is 0.00894. The fourth-order valence-electron chi connectivity index (χ4n) is 1.05. The summed E-state index contributed by atoms with van der Waals surface area (Å²) in [7, 11) is 6.83. The number of hydrogen-bond acceptors (Lipinski definition) is 4. The number of carbonyl (C=O) groups excluding carboxylic acids is 1. The van der Waals surface area contributed by atoms with E-state index in [1.54, 1.807) is 33.2 Å². The van der Waals surface area contributed by atoms with E-state index in [0.717, 1.165) is 0 Å². The fourth-order valence-corrected chi connectivity index (χ4v) is 1.05. The summed E-state index contributed by atoms with van der Waals surface area (Å²) in [5, 5.41) is 16.1. The maximum atomic E-state index is 11.3. The van der Waals surface area contributed by atoms with Crippen molar-refractivity contribution in [3.05, 3.63) is 0 Å². The van der Waals surface area contributed by atoms with Crippen molar-refractivity contribution in [1.29, 1.82) is 0 Å². The maximum absolute atomic E-state index is 11.3. The Bertz CT molecular complexity index is 231. The summed E-state index contributed by atoms with van der Waals surface area (Å²) >= 11 is 0. The molecule has 6 heteroatoms. The van der Waals surface area contributed by atoms with Gasteiger partial charge in [0.05, 0.1) is 14.1 Å². The molecule has 0 bridgehead atoms. The number of quaternary nitrogens is 1. The minimum atomic E-state index is -0.285. The van der Waals surface area contributed by atoms with Crippen molar-refractivity contribution in [2.45, 2.75) is 6.92 Å². The third kappa shape index (κ3) is 6.38. The molecule has 0 aromatic carbocycles. The van der Waals surface area contributed by atoms with Gasteiger partial charge in [0.25, 0.3) is 5.91 Å². The van der Waals surface area contributed by atoms with E-state index in [0.29, 0.717) is 0 Å². The van der Waals surface area contributed by atoms with E-state index in [2.05, 4.69) is 10.5 Å². The molecule has 0 aliphatic heterocycles. The quantitative estimate of drug-likeness (QED) is 0.257. The first-order valence-corrected chi connectivity index (χ1v) is 4.26. The van der Waals surface area contributed by atoms with Crippen LogP contribution in [0.4, 0.5) is 0 Å². The van der Waals surface area contributed by atoms with E-state index in [-0.39, 0.29) is 22.9 Å². The van der Waals surface area contributed by atoms with Gasteiger partial charge in [-0.05, 0) is 6.92 Å². The summed E-state index contributed by atoms with van der Waals surface area (Å²) < 4.78 is 0.00894. The van der Waals surface area contributed by atoms with E-state index < -0.39 is 0 Å². The molecule has 0 spiro atoms. The Kier molecular flexibility index (Phi) is 4.52. The molecule has 0 fully saturated rings. The molecular formula is C8H18N4O2. The second-order valence-electron chi connectivity index (χ2n) is 3.83. The molecule has 0 radical (unpaired) electrons. The molecule has 0 unspecified atom stereocenters. The lowest BCUT2D eigenvalue weighted by Gasteiger charge is -2.24. The normalized spacial score (nSPS) is 13.1. The molecule has 0 aliphatic carbocycles. The van der Waals surface area contributed by atoms with Crippen LogP contribution in [0.15, 0.2) is 5.10 Å². The highest BCUT2D eigenvalue weighted by Crippen LogP contribution is 1.97. The zero-order valence-corrected chi connectivity index (χ0v) is 9.37. The van der Waals surface area contributed by atoms with Gasteiger partial charge in [-0.25, -0.2) is 5.01 Å². The number of hydrogen-bond donors (Lipinski definition) is 1. The smallest absolute Gasteiger partial charge is 0.291 e. The van der Waals surface area contributed by atoms with E-state index in [4.69, 9.17) is 0 Å². The van der Waals surface area contributed by atoms with Gasteiger partial charge in [0.15, 0.2) is 6.54 Å². The lowest BCUT2D eigenvalue weighted by atomic mass is 10.5. The van der Waals surface area contributed by atoms with Crippen molar-refractivity contribution < 1.29 is 14.5 Å². The highest BCUT2D eigenvalue weighted by atomic mass is 16.3. The van der Waals surface area contributed by atoms with Crippen LogP contribution in [0.25, 0.3) is 0 Å². The monoisotopic (exact) mass is 202 g/mol. The molecule has 1 amide bonds. The molecule has 14 heavy (non-hydrogen) atoms. The molecule has 0 atom stereocenters. The van der Waals surface area contributed by atoms with Crippen LogP contribution in [-0.2, 0) is 4.79 Å². The summed E-state index contributed by atoms with van der Waals surface area (Å²) in [6.07, 6.45) is 0. The Morgan fingerprint density at radius 2 is 2.00 bits per heavy atom. The zero-order valence-electron chi connectivity index (χ0n) is 9.37. The van der Waals surface area contributed by atoms with Crippen LogP contribution >= 0.6 is 0 Å². The van der Waals surface area contributed by atoms with Gasteiger partial charge >= 0.3 is 0 Å². The molecule has 0 aliphatic rings. The number of nitrogens with zero attached hydrogens (tertiary/aromatic N) is 3. The Morgan fingerprint density at radius 3 is 2.36 bits per heavy atom. The fraction of sp³-hybridized carbons (Fsp3) is 0.750. The van der Waals surface area contributed by atoms with Crippen molar-refractivity contribution in [2.75, 3.05) is 34.7 Å². The van der Waals surface area contributed by atoms with Gasteiger partial charge in [-0.15, -0.1) is 5.10 Å². The summed E-state index contributed by atoms with van der Waals surface area (Å²) in [4.78, 5) is 11.3. The van der Waals surface area contributed by atoms with Crippen molar-refractivity contribution >= 4 is 11.8 Å². The van der Waals surface area contributed by atoms with Crippen molar-refractivity contribution in [2.24, 2.45) is 5.10 Å². The standard InChI is InChI=1S/C8H18N4O2/c1-7(13)10-12(4,5)6-8(14)9-11(2)3/h6H2,1-5H3,(H-,9,10,13,14). The summed E-state index contributed by atoms with van der Waals surface area (Å²) in [5.74, 6) is -0.461. The van der Waals surface area contributed by atoms with Gasteiger partial charge in [-0.1, -0.05) is 0 Å². The van der Waals surface area contributed by atoms with E-state index in [9.17, 15) is 9.90 Å². The lowest BCUT2D eigenvalue weighted by Crippen LogP contribution is -2.48. The predicted molar refractivity (Wildman–Crippen MR) is 51.9 cm³/mol. The molecule has 6 nitrogen and oxygen atoms in total. The van der Waals surface area contributed by atoms with Crippen molar-refractivity contribution in [1.82, 2.24) is 10.4 Å². The minimum Gasteiger partial charge on any atom is -0.858 e. The first kappa shape index (κ1) is 12.9. The first-order chi connectivity index (χ1) is 6.23. The third-order valence-electron chi connectivity index (χ3n) is 1.29. The topological polar surface area (TPSA) is 67.8 Å². The number of likely N-dealkylation sites (N-methyl/N-ethyl adjacent to an activating group) is 1. The van der Waals surface area contributed by atoms with Crippen molar-refractivity contribution in [3.8, 4) is 0 Å². The molecule has 82 valence electrons. The van der Waals surface area contributed by atoms with Crippen LogP contribution in [0, 0.1) is 0 Å². The Balaban J connectivity index is 4.22. The highest BCUT2D eigenvalue weighted by molar-refractivity contribution is 5.76. The molecule has 0 aromatic rings. The number of rotatable bonds is 4. The molecule has 0 saturated heterocycles. The number of carbonyl (C=O) groups is 1. The second kappa shape index (κ2) is 4.92. The van der Waals surface area contributed by atoms with Crippen LogP contribution in [-0.4, -0.2) is 56.1 Å². The van der Waals surface area contributed by atoms with E-state index in [1.165, 1.54) is 6.92 Å². The second-order valence-corrected chi connectivity index (χ2v) is 3.83. The largest absolute Gasteiger partial charge is 0.858 e.